The summed E-state index contributed by atoms with van der Waals surface area (Å²) in [5.74, 6) is 5.23. The second-order valence-corrected chi connectivity index (χ2v) is 3.01. The highest BCUT2D eigenvalue weighted by molar-refractivity contribution is 5.13. The summed E-state index contributed by atoms with van der Waals surface area (Å²) in [6, 6.07) is 0.253. The highest BCUT2D eigenvalue weighted by atomic mass is 16.3. The number of hydrogen-bond donors (Lipinski definition) is 1. The molecule has 0 radical (unpaired) electrons. The average Bonchev–Trinajstić information content (AvgIpc) is 2.52. The molecule has 0 aliphatic rings. The first-order chi connectivity index (χ1) is 6.15. The van der Waals surface area contributed by atoms with Gasteiger partial charge in [-0.25, -0.2) is 4.68 Å². The second-order valence-electron chi connectivity index (χ2n) is 3.01. The van der Waals surface area contributed by atoms with E-state index in [1.807, 2.05) is 13.8 Å². The minimum absolute atomic E-state index is 0.253. The minimum atomic E-state index is -0.822. The van der Waals surface area contributed by atoms with Gasteiger partial charge in [-0.15, -0.1) is 11.0 Å². The summed E-state index contributed by atoms with van der Waals surface area (Å²) in [5, 5.41) is 17.1. The Kier molecular flexibility index (Phi) is 3.04. The van der Waals surface area contributed by atoms with Gasteiger partial charge in [-0.05, 0) is 20.8 Å². The molecule has 1 atom stereocenters. The molecule has 0 fully saturated rings. The standard InChI is InChI=1S/C9H13N3O/c1-4-5-9(13)8-6-12(7(2)3)11-10-8/h6-7,9,13H,1-3H3. The molecule has 0 saturated carbocycles. The van der Waals surface area contributed by atoms with Crippen molar-refractivity contribution in [2.24, 2.45) is 0 Å². The van der Waals surface area contributed by atoms with Gasteiger partial charge in [-0.2, -0.15) is 0 Å². The van der Waals surface area contributed by atoms with E-state index in [1.165, 1.54) is 0 Å². The van der Waals surface area contributed by atoms with Crippen molar-refractivity contribution in [1.29, 1.82) is 0 Å². The van der Waals surface area contributed by atoms with Gasteiger partial charge in [0, 0.05) is 6.04 Å². The van der Waals surface area contributed by atoms with Gasteiger partial charge in [0.2, 0.25) is 0 Å². The smallest absolute Gasteiger partial charge is 0.160 e. The third-order valence-electron chi connectivity index (χ3n) is 1.62. The van der Waals surface area contributed by atoms with Crippen molar-refractivity contribution in [2.75, 3.05) is 0 Å². The van der Waals surface area contributed by atoms with Crippen LogP contribution in [0, 0.1) is 11.8 Å². The number of nitrogens with zero attached hydrogens (tertiary/aromatic N) is 3. The summed E-state index contributed by atoms with van der Waals surface area (Å²) < 4.78 is 1.69. The molecule has 1 aromatic heterocycles. The Bertz CT molecular complexity index is 332. The van der Waals surface area contributed by atoms with Crippen LogP contribution in [0.5, 0.6) is 0 Å². The van der Waals surface area contributed by atoms with Gasteiger partial charge in [0.05, 0.1) is 6.20 Å². The molecule has 13 heavy (non-hydrogen) atoms. The first-order valence-electron chi connectivity index (χ1n) is 4.17. The fourth-order valence-corrected chi connectivity index (χ4v) is 0.879. The quantitative estimate of drug-likeness (QED) is 0.687. The number of aromatic nitrogens is 3. The van der Waals surface area contributed by atoms with Gasteiger partial charge in [0.25, 0.3) is 0 Å². The monoisotopic (exact) mass is 179 g/mol. The van der Waals surface area contributed by atoms with Gasteiger partial charge in [-0.3, -0.25) is 0 Å². The molecular weight excluding hydrogens is 166 g/mol. The zero-order valence-corrected chi connectivity index (χ0v) is 8.02. The molecule has 0 aliphatic heterocycles. The molecule has 1 aromatic rings. The van der Waals surface area contributed by atoms with Crippen LogP contribution in [0.3, 0.4) is 0 Å². The Hall–Kier alpha value is -1.34. The van der Waals surface area contributed by atoms with Gasteiger partial charge in [0.1, 0.15) is 5.69 Å². The molecule has 0 aromatic carbocycles. The van der Waals surface area contributed by atoms with Crippen LogP contribution in [0.1, 0.15) is 38.6 Å². The summed E-state index contributed by atoms with van der Waals surface area (Å²) in [5.41, 5.74) is 0.503. The van der Waals surface area contributed by atoms with Crippen molar-refractivity contribution in [3.63, 3.8) is 0 Å². The fraction of sp³-hybridized carbons (Fsp3) is 0.556. The molecule has 4 nitrogen and oxygen atoms in total. The zero-order valence-electron chi connectivity index (χ0n) is 8.02. The molecule has 4 heteroatoms. The Labute approximate surface area is 77.6 Å². The highest BCUT2D eigenvalue weighted by Gasteiger charge is 2.09. The van der Waals surface area contributed by atoms with Crippen molar-refractivity contribution in [1.82, 2.24) is 15.0 Å². The Morgan fingerprint density at radius 3 is 2.69 bits per heavy atom. The first-order valence-corrected chi connectivity index (χ1v) is 4.17. The van der Waals surface area contributed by atoms with E-state index < -0.39 is 6.10 Å². The van der Waals surface area contributed by atoms with E-state index in [0.29, 0.717) is 5.69 Å². The Morgan fingerprint density at radius 1 is 1.54 bits per heavy atom. The lowest BCUT2D eigenvalue weighted by Crippen LogP contribution is -2.00. The zero-order chi connectivity index (χ0) is 9.84. The third kappa shape index (κ3) is 2.30. The van der Waals surface area contributed by atoms with Crippen LogP contribution in [0.25, 0.3) is 0 Å². The van der Waals surface area contributed by atoms with Crippen LogP contribution in [0.2, 0.25) is 0 Å². The second kappa shape index (κ2) is 4.06. The molecule has 0 bridgehead atoms. The number of aliphatic hydroxyl groups excluding tert-OH is 1. The van der Waals surface area contributed by atoms with Gasteiger partial charge in [-0.1, -0.05) is 11.1 Å². The Balaban J connectivity index is 2.83. The summed E-state index contributed by atoms with van der Waals surface area (Å²) in [6.07, 6.45) is 0.886. The van der Waals surface area contributed by atoms with Crippen LogP contribution in [0.4, 0.5) is 0 Å². The predicted molar refractivity (Wildman–Crippen MR) is 48.8 cm³/mol. The molecule has 1 unspecified atom stereocenters. The topological polar surface area (TPSA) is 50.9 Å². The van der Waals surface area contributed by atoms with E-state index in [9.17, 15) is 5.11 Å². The summed E-state index contributed by atoms with van der Waals surface area (Å²) in [7, 11) is 0. The third-order valence-corrected chi connectivity index (χ3v) is 1.62. The first kappa shape index (κ1) is 9.75. The number of rotatable bonds is 2. The normalized spacial score (nSPS) is 12.4. The van der Waals surface area contributed by atoms with Gasteiger partial charge >= 0.3 is 0 Å². The molecule has 0 amide bonds. The van der Waals surface area contributed by atoms with Crippen LogP contribution in [0.15, 0.2) is 6.20 Å². The number of hydrogen-bond acceptors (Lipinski definition) is 3. The van der Waals surface area contributed by atoms with Crippen LogP contribution < -0.4 is 0 Å². The molecular formula is C9H13N3O. The molecule has 1 heterocycles. The van der Waals surface area contributed by atoms with Crippen molar-refractivity contribution < 1.29 is 5.11 Å². The summed E-state index contributed by atoms with van der Waals surface area (Å²) in [6.45, 7) is 5.67. The average molecular weight is 179 g/mol. The highest BCUT2D eigenvalue weighted by Crippen LogP contribution is 2.09. The molecule has 1 N–H and O–H groups in total. The molecule has 70 valence electrons. The van der Waals surface area contributed by atoms with Crippen LogP contribution in [-0.2, 0) is 0 Å². The Morgan fingerprint density at radius 2 is 2.23 bits per heavy atom. The lowest BCUT2D eigenvalue weighted by molar-refractivity contribution is 0.233. The lowest BCUT2D eigenvalue weighted by atomic mass is 10.3. The molecule has 0 saturated heterocycles. The number of aliphatic hydroxyl groups is 1. The van der Waals surface area contributed by atoms with E-state index in [4.69, 9.17) is 0 Å². The van der Waals surface area contributed by atoms with Crippen molar-refractivity contribution in [3.8, 4) is 11.8 Å². The van der Waals surface area contributed by atoms with E-state index in [0.717, 1.165) is 0 Å². The fourth-order valence-electron chi connectivity index (χ4n) is 0.879. The lowest BCUT2D eigenvalue weighted by Gasteiger charge is -2.01. The molecule has 0 aliphatic carbocycles. The molecule has 1 rings (SSSR count). The predicted octanol–water partition coefficient (Wildman–Crippen LogP) is 0.916. The van der Waals surface area contributed by atoms with Crippen molar-refractivity contribution in [2.45, 2.75) is 32.9 Å². The van der Waals surface area contributed by atoms with Crippen LogP contribution in [-0.4, -0.2) is 20.1 Å². The molecule has 0 spiro atoms. The van der Waals surface area contributed by atoms with Gasteiger partial charge in [0.15, 0.2) is 6.10 Å². The van der Waals surface area contributed by atoms with E-state index in [-0.39, 0.29) is 6.04 Å². The maximum atomic E-state index is 9.43. The van der Waals surface area contributed by atoms with Crippen molar-refractivity contribution >= 4 is 0 Å². The van der Waals surface area contributed by atoms with Gasteiger partial charge < -0.3 is 5.11 Å². The van der Waals surface area contributed by atoms with E-state index in [1.54, 1.807) is 17.8 Å². The van der Waals surface area contributed by atoms with Crippen LogP contribution >= 0.6 is 0 Å². The minimum Gasteiger partial charge on any atom is -0.374 e. The maximum Gasteiger partial charge on any atom is 0.160 e. The summed E-state index contributed by atoms with van der Waals surface area (Å²) in [4.78, 5) is 0. The van der Waals surface area contributed by atoms with Crippen molar-refractivity contribution in [3.05, 3.63) is 11.9 Å². The summed E-state index contributed by atoms with van der Waals surface area (Å²) >= 11 is 0. The van der Waals surface area contributed by atoms with E-state index in [2.05, 4.69) is 22.2 Å². The largest absolute Gasteiger partial charge is 0.374 e. The SMILES string of the molecule is CC#CC(O)c1cn(C(C)C)nn1. The van der Waals surface area contributed by atoms with E-state index >= 15 is 0 Å². The maximum absolute atomic E-state index is 9.43.